The van der Waals surface area contributed by atoms with Gasteiger partial charge in [0.2, 0.25) is 11.8 Å². The fraction of sp³-hybridized carbons (Fsp3) is 0.292. The van der Waals surface area contributed by atoms with Crippen molar-refractivity contribution in [1.82, 2.24) is 9.97 Å². The topological polar surface area (TPSA) is 93.6 Å². The van der Waals surface area contributed by atoms with Crippen LogP contribution in [-0.2, 0) is 21.6 Å². The zero-order valence-electron chi connectivity index (χ0n) is 17.3. The van der Waals surface area contributed by atoms with E-state index in [9.17, 15) is 14.3 Å². The van der Waals surface area contributed by atoms with Crippen molar-refractivity contribution in [2.24, 2.45) is 0 Å². The fourth-order valence-corrected chi connectivity index (χ4v) is 3.61. The lowest BCUT2D eigenvalue weighted by Crippen LogP contribution is -2.56. The molecule has 2 aliphatic rings. The molecule has 7 nitrogen and oxygen atoms in total. The van der Waals surface area contributed by atoms with Gasteiger partial charge in [0.1, 0.15) is 17.3 Å². The lowest BCUT2D eigenvalue weighted by molar-refractivity contribution is -0.140. The quantitative estimate of drug-likeness (QED) is 0.592. The van der Waals surface area contributed by atoms with Crippen LogP contribution < -0.4 is 10.1 Å². The number of halogens is 1. The summed E-state index contributed by atoms with van der Waals surface area (Å²) in [6, 6.07) is 11.0. The molecule has 0 spiro atoms. The van der Waals surface area contributed by atoms with Crippen LogP contribution in [0.2, 0.25) is 0 Å². The normalized spacial score (nSPS) is 16.8. The first-order valence-electron chi connectivity index (χ1n) is 10.5. The molecule has 2 fully saturated rings. The number of carbonyl (C=O) groups is 1. The molecule has 5 rings (SSSR count). The highest BCUT2D eigenvalue weighted by Gasteiger charge is 2.48. The van der Waals surface area contributed by atoms with Crippen molar-refractivity contribution in [3.05, 3.63) is 71.9 Å². The number of pyridine rings is 2. The minimum Gasteiger partial charge on any atom is -0.474 e. The molecule has 1 saturated heterocycles. The van der Waals surface area contributed by atoms with Crippen LogP contribution in [0.5, 0.6) is 5.88 Å². The Hall–Kier alpha value is -3.36. The molecule has 0 unspecified atom stereocenters. The molecule has 2 N–H and O–H groups in total. The zero-order valence-corrected chi connectivity index (χ0v) is 17.3. The van der Waals surface area contributed by atoms with Gasteiger partial charge < -0.3 is 19.9 Å². The molecule has 8 heteroatoms. The Kier molecular flexibility index (Phi) is 5.32. The van der Waals surface area contributed by atoms with Crippen molar-refractivity contribution in [3.8, 4) is 17.0 Å². The number of hydrogen-bond donors (Lipinski definition) is 2. The Morgan fingerprint density at radius 2 is 1.94 bits per heavy atom. The molecular weight excluding hydrogens is 413 g/mol. The number of amides is 1. The van der Waals surface area contributed by atoms with Crippen LogP contribution in [-0.4, -0.2) is 40.3 Å². The van der Waals surface area contributed by atoms with E-state index in [4.69, 9.17) is 9.47 Å². The maximum Gasteiger partial charge on any atom is 0.241 e. The third-order valence-electron chi connectivity index (χ3n) is 5.75. The Morgan fingerprint density at radius 1 is 1.16 bits per heavy atom. The van der Waals surface area contributed by atoms with E-state index in [1.54, 1.807) is 24.5 Å². The number of anilines is 1. The second-order valence-electron chi connectivity index (χ2n) is 8.12. The van der Waals surface area contributed by atoms with Gasteiger partial charge in [-0.15, -0.1) is 0 Å². The van der Waals surface area contributed by atoms with Crippen LogP contribution in [0.25, 0.3) is 11.1 Å². The molecule has 1 aliphatic carbocycles. The number of nitrogens with zero attached hydrogens (tertiary/aromatic N) is 2. The van der Waals surface area contributed by atoms with Gasteiger partial charge in [0, 0.05) is 35.3 Å². The van der Waals surface area contributed by atoms with Crippen molar-refractivity contribution in [2.45, 2.75) is 31.0 Å². The molecule has 0 radical (unpaired) electrons. The number of benzene rings is 1. The van der Waals surface area contributed by atoms with Crippen molar-refractivity contribution < 1.29 is 23.8 Å². The summed E-state index contributed by atoms with van der Waals surface area (Å²) >= 11 is 0. The molecule has 3 heterocycles. The molecule has 1 aromatic carbocycles. The Morgan fingerprint density at radius 3 is 2.53 bits per heavy atom. The number of aliphatic hydroxyl groups excluding tert-OH is 1. The smallest absolute Gasteiger partial charge is 0.241 e. The van der Waals surface area contributed by atoms with Gasteiger partial charge in [-0.25, -0.2) is 9.37 Å². The summed E-state index contributed by atoms with van der Waals surface area (Å²) in [5, 5.41) is 12.6. The van der Waals surface area contributed by atoms with Gasteiger partial charge in [-0.1, -0.05) is 6.07 Å². The van der Waals surface area contributed by atoms with E-state index < -0.39 is 5.41 Å². The number of carbonyl (C=O) groups excluding carboxylic acids is 1. The highest BCUT2D eigenvalue weighted by atomic mass is 19.1. The minimum atomic E-state index is -0.910. The minimum absolute atomic E-state index is 0.154. The first-order chi connectivity index (χ1) is 15.6. The third-order valence-corrected chi connectivity index (χ3v) is 5.75. The van der Waals surface area contributed by atoms with Gasteiger partial charge >= 0.3 is 0 Å². The van der Waals surface area contributed by atoms with Crippen LogP contribution in [0.3, 0.4) is 0 Å². The fourth-order valence-electron chi connectivity index (χ4n) is 3.61. The first kappa shape index (κ1) is 20.5. The maximum atomic E-state index is 13.1. The molecule has 1 saturated carbocycles. The predicted molar refractivity (Wildman–Crippen MR) is 115 cm³/mol. The number of aliphatic hydroxyl groups is 1. The van der Waals surface area contributed by atoms with E-state index in [-0.39, 0.29) is 37.6 Å². The number of ether oxygens (including phenoxy) is 2. The van der Waals surface area contributed by atoms with Gasteiger partial charge in [0.15, 0.2) is 0 Å². The standard InChI is InChI=1S/C24H22FN3O4/c25-17-2-4-18(5-3-17)28-23(30)24(13-31-14-24)21-8-1-15(10-26-21)20-11-27-22(9-16(20)12-29)32-19-6-7-19/h1-5,8-11,19,29H,6-7,12-14H2,(H,28,30). The van der Waals surface area contributed by atoms with E-state index >= 15 is 0 Å². The highest BCUT2D eigenvalue weighted by molar-refractivity contribution is 5.99. The van der Waals surface area contributed by atoms with Crippen LogP contribution in [0.4, 0.5) is 10.1 Å². The SMILES string of the molecule is O=C(Nc1ccc(F)cc1)C1(c2ccc(-c3cnc(OC4CC4)cc3CO)cn2)COC1. The molecular formula is C24H22FN3O4. The Balaban J connectivity index is 1.37. The monoisotopic (exact) mass is 435 g/mol. The summed E-state index contributed by atoms with van der Waals surface area (Å²) in [5.41, 5.74) is 2.40. The van der Waals surface area contributed by atoms with Gasteiger partial charge in [-0.05, 0) is 48.7 Å². The summed E-state index contributed by atoms with van der Waals surface area (Å²) in [6.45, 7) is 0.268. The number of hydrogen-bond acceptors (Lipinski definition) is 6. The second kappa shape index (κ2) is 8.29. The van der Waals surface area contributed by atoms with Gasteiger partial charge in [0.05, 0.1) is 25.5 Å². The Bertz CT molecular complexity index is 1130. The summed E-state index contributed by atoms with van der Waals surface area (Å²) in [7, 11) is 0. The van der Waals surface area contributed by atoms with Crippen molar-refractivity contribution >= 4 is 11.6 Å². The average molecular weight is 435 g/mol. The molecule has 0 atom stereocenters. The van der Waals surface area contributed by atoms with E-state index in [0.717, 1.165) is 24.0 Å². The van der Waals surface area contributed by atoms with E-state index in [1.807, 2.05) is 6.07 Å². The van der Waals surface area contributed by atoms with Crippen molar-refractivity contribution in [1.29, 1.82) is 0 Å². The molecule has 32 heavy (non-hydrogen) atoms. The lowest BCUT2D eigenvalue weighted by atomic mass is 9.80. The summed E-state index contributed by atoms with van der Waals surface area (Å²) in [5.74, 6) is -0.117. The van der Waals surface area contributed by atoms with Gasteiger partial charge in [-0.2, -0.15) is 0 Å². The second-order valence-corrected chi connectivity index (χ2v) is 8.12. The van der Waals surface area contributed by atoms with E-state index in [2.05, 4.69) is 15.3 Å². The largest absolute Gasteiger partial charge is 0.474 e. The number of rotatable bonds is 7. The average Bonchev–Trinajstić information content (AvgIpc) is 3.59. The summed E-state index contributed by atoms with van der Waals surface area (Å²) in [4.78, 5) is 21.9. The van der Waals surface area contributed by atoms with Crippen molar-refractivity contribution in [3.63, 3.8) is 0 Å². The lowest BCUT2D eigenvalue weighted by Gasteiger charge is -2.39. The van der Waals surface area contributed by atoms with Gasteiger partial charge in [-0.3, -0.25) is 9.78 Å². The summed E-state index contributed by atoms with van der Waals surface area (Å²) in [6.07, 6.45) is 5.62. The molecule has 2 aromatic heterocycles. The molecule has 3 aromatic rings. The maximum absolute atomic E-state index is 13.1. The molecule has 1 aliphatic heterocycles. The predicted octanol–water partition coefficient (Wildman–Crippen LogP) is 3.22. The molecule has 1 amide bonds. The van der Waals surface area contributed by atoms with Gasteiger partial charge in [0.25, 0.3) is 0 Å². The van der Waals surface area contributed by atoms with Crippen LogP contribution in [0.15, 0.2) is 54.9 Å². The summed E-state index contributed by atoms with van der Waals surface area (Å²) < 4.78 is 24.2. The zero-order chi connectivity index (χ0) is 22.1. The third kappa shape index (κ3) is 3.94. The Labute approximate surface area is 184 Å². The van der Waals surface area contributed by atoms with Crippen LogP contribution in [0, 0.1) is 5.82 Å². The van der Waals surface area contributed by atoms with Crippen LogP contribution in [0.1, 0.15) is 24.1 Å². The molecule has 164 valence electrons. The number of nitrogens with one attached hydrogen (secondary N) is 1. The van der Waals surface area contributed by atoms with E-state index in [0.29, 0.717) is 22.8 Å². The first-order valence-corrected chi connectivity index (χ1v) is 10.5. The highest BCUT2D eigenvalue weighted by Crippen LogP contribution is 2.35. The van der Waals surface area contributed by atoms with E-state index in [1.165, 1.54) is 24.3 Å². The number of aromatic nitrogens is 2. The molecule has 0 bridgehead atoms. The van der Waals surface area contributed by atoms with Crippen molar-refractivity contribution in [2.75, 3.05) is 18.5 Å². The van der Waals surface area contributed by atoms with Crippen LogP contribution >= 0.6 is 0 Å².